The summed E-state index contributed by atoms with van der Waals surface area (Å²) >= 11 is 0. The van der Waals surface area contributed by atoms with Crippen molar-refractivity contribution in [2.24, 2.45) is 5.92 Å². The molecule has 5 heteroatoms. The molecule has 0 atom stereocenters. The lowest BCUT2D eigenvalue weighted by molar-refractivity contribution is -0.156. The zero-order valence-electron chi connectivity index (χ0n) is 13.7. The molecule has 2 aromatic carbocycles. The number of benzene rings is 2. The third kappa shape index (κ3) is 4.23. The summed E-state index contributed by atoms with van der Waals surface area (Å²) in [6.07, 6.45) is 0. The first-order valence-electron chi connectivity index (χ1n) is 8.05. The first kappa shape index (κ1) is 16.7. The zero-order chi connectivity index (χ0) is 17.6. The van der Waals surface area contributed by atoms with E-state index in [4.69, 9.17) is 15.3 Å². The first-order valence-corrected chi connectivity index (χ1v) is 8.05. The van der Waals surface area contributed by atoms with E-state index in [1.807, 2.05) is 12.1 Å². The van der Waals surface area contributed by atoms with Crippen LogP contribution in [-0.2, 0) is 22.7 Å². The van der Waals surface area contributed by atoms with E-state index < -0.39 is 0 Å². The van der Waals surface area contributed by atoms with E-state index in [9.17, 15) is 4.79 Å². The van der Waals surface area contributed by atoms with Gasteiger partial charge in [-0.2, -0.15) is 10.5 Å². The maximum atomic E-state index is 12.1. The number of nitrogens with zero attached hydrogens (tertiary/aromatic N) is 3. The van der Waals surface area contributed by atoms with Gasteiger partial charge in [-0.1, -0.05) is 24.3 Å². The van der Waals surface area contributed by atoms with Crippen LogP contribution in [-0.4, -0.2) is 24.0 Å². The molecule has 124 valence electrons. The smallest absolute Gasteiger partial charge is 0.311 e. The summed E-state index contributed by atoms with van der Waals surface area (Å²) in [5.74, 6) is -0.266. The Labute approximate surface area is 146 Å². The number of carbonyl (C=O) groups is 1. The second-order valence-electron chi connectivity index (χ2n) is 6.12. The zero-order valence-corrected chi connectivity index (χ0v) is 13.7. The maximum absolute atomic E-state index is 12.1. The molecule has 5 nitrogen and oxygen atoms in total. The van der Waals surface area contributed by atoms with Crippen LogP contribution in [0.5, 0.6) is 0 Å². The van der Waals surface area contributed by atoms with Crippen molar-refractivity contribution in [3.8, 4) is 12.1 Å². The molecule has 0 spiro atoms. The summed E-state index contributed by atoms with van der Waals surface area (Å²) in [7, 11) is 0. The van der Waals surface area contributed by atoms with Gasteiger partial charge in [-0.3, -0.25) is 9.69 Å². The van der Waals surface area contributed by atoms with Gasteiger partial charge < -0.3 is 4.74 Å². The highest BCUT2D eigenvalue weighted by Gasteiger charge is 2.33. The first-order chi connectivity index (χ1) is 12.2. The lowest BCUT2D eigenvalue weighted by Crippen LogP contribution is -2.50. The van der Waals surface area contributed by atoms with Crippen molar-refractivity contribution >= 4 is 5.97 Å². The Bertz CT molecular complexity index is 823. The maximum Gasteiger partial charge on any atom is 0.311 e. The average Bonchev–Trinajstić information content (AvgIpc) is 2.63. The average molecular weight is 331 g/mol. The molecule has 0 bridgehead atoms. The number of carbonyl (C=O) groups excluding carboxylic acids is 1. The molecule has 1 fully saturated rings. The van der Waals surface area contributed by atoms with Gasteiger partial charge in [0.05, 0.1) is 29.2 Å². The molecule has 0 N–H and O–H groups in total. The number of hydrogen-bond acceptors (Lipinski definition) is 5. The highest BCUT2D eigenvalue weighted by atomic mass is 16.5. The molecular weight excluding hydrogens is 314 g/mol. The van der Waals surface area contributed by atoms with Gasteiger partial charge in [-0.15, -0.1) is 0 Å². The predicted molar refractivity (Wildman–Crippen MR) is 90.9 cm³/mol. The minimum Gasteiger partial charge on any atom is -0.461 e. The van der Waals surface area contributed by atoms with Gasteiger partial charge in [0.25, 0.3) is 0 Å². The number of hydrogen-bond donors (Lipinski definition) is 0. The number of ether oxygens (including phenoxy) is 1. The molecule has 25 heavy (non-hydrogen) atoms. The summed E-state index contributed by atoms with van der Waals surface area (Å²) in [5, 5.41) is 17.6. The Kier molecular flexibility index (Phi) is 5.09. The SMILES string of the molecule is N#Cc1ccc(COC(=O)C2CN(Cc3ccc(C#N)cc3)C2)cc1. The molecule has 0 aliphatic carbocycles. The summed E-state index contributed by atoms with van der Waals surface area (Å²) in [6.45, 7) is 2.38. The van der Waals surface area contributed by atoms with Crippen LogP contribution in [0.1, 0.15) is 22.3 Å². The van der Waals surface area contributed by atoms with Crippen LogP contribution in [0.2, 0.25) is 0 Å². The van der Waals surface area contributed by atoms with Crippen LogP contribution in [0, 0.1) is 28.6 Å². The Balaban J connectivity index is 1.41. The molecule has 0 radical (unpaired) electrons. The van der Waals surface area contributed by atoms with Crippen LogP contribution >= 0.6 is 0 Å². The van der Waals surface area contributed by atoms with Crippen LogP contribution in [0.4, 0.5) is 0 Å². The van der Waals surface area contributed by atoms with E-state index in [-0.39, 0.29) is 18.5 Å². The Morgan fingerprint density at radius 2 is 1.48 bits per heavy atom. The molecular formula is C20H17N3O2. The number of esters is 1. The van der Waals surface area contributed by atoms with E-state index in [2.05, 4.69) is 17.0 Å². The summed E-state index contributed by atoms with van der Waals surface area (Å²) in [5.41, 5.74) is 3.24. The summed E-state index contributed by atoms with van der Waals surface area (Å²) < 4.78 is 5.35. The van der Waals surface area contributed by atoms with Gasteiger partial charge >= 0.3 is 5.97 Å². The molecule has 1 heterocycles. The lowest BCUT2D eigenvalue weighted by atomic mass is 9.99. The largest absolute Gasteiger partial charge is 0.461 e. The Morgan fingerprint density at radius 1 is 0.960 bits per heavy atom. The third-order valence-electron chi connectivity index (χ3n) is 4.24. The molecule has 0 unspecified atom stereocenters. The van der Waals surface area contributed by atoms with E-state index in [0.717, 1.165) is 17.7 Å². The van der Waals surface area contributed by atoms with E-state index >= 15 is 0 Å². The molecule has 0 saturated carbocycles. The molecule has 1 saturated heterocycles. The van der Waals surface area contributed by atoms with Crippen LogP contribution < -0.4 is 0 Å². The second-order valence-corrected chi connectivity index (χ2v) is 6.12. The standard InChI is InChI=1S/C20H17N3O2/c21-9-15-1-5-17(6-2-15)11-23-12-19(13-23)20(24)25-14-18-7-3-16(10-22)4-8-18/h1-8,19H,11-14H2. The van der Waals surface area contributed by atoms with E-state index in [1.54, 1.807) is 36.4 Å². The fourth-order valence-corrected chi connectivity index (χ4v) is 2.74. The van der Waals surface area contributed by atoms with Crippen molar-refractivity contribution in [2.45, 2.75) is 13.2 Å². The van der Waals surface area contributed by atoms with Crippen LogP contribution in [0.15, 0.2) is 48.5 Å². The molecule has 1 aliphatic rings. The van der Waals surface area contributed by atoms with Crippen molar-refractivity contribution < 1.29 is 9.53 Å². The Morgan fingerprint density at radius 3 is 2.00 bits per heavy atom. The van der Waals surface area contributed by atoms with Gasteiger partial charge in [0.15, 0.2) is 0 Å². The lowest BCUT2D eigenvalue weighted by Gasteiger charge is -2.37. The molecule has 0 aromatic heterocycles. The van der Waals surface area contributed by atoms with Gasteiger partial charge in [0.2, 0.25) is 0 Å². The topological polar surface area (TPSA) is 77.1 Å². The second kappa shape index (κ2) is 7.61. The minimum absolute atomic E-state index is 0.0863. The van der Waals surface area contributed by atoms with Crippen LogP contribution in [0.25, 0.3) is 0 Å². The quantitative estimate of drug-likeness (QED) is 0.787. The minimum atomic E-state index is -0.180. The van der Waals surface area contributed by atoms with Gasteiger partial charge in [-0.05, 0) is 35.4 Å². The number of rotatable bonds is 5. The van der Waals surface area contributed by atoms with E-state index in [0.29, 0.717) is 24.2 Å². The highest BCUT2D eigenvalue weighted by molar-refractivity contribution is 5.74. The summed E-state index contributed by atoms with van der Waals surface area (Å²) in [6, 6.07) is 18.7. The van der Waals surface area contributed by atoms with Gasteiger partial charge in [-0.25, -0.2) is 0 Å². The molecule has 3 rings (SSSR count). The van der Waals surface area contributed by atoms with Crippen LogP contribution in [0.3, 0.4) is 0 Å². The molecule has 2 aromatic rings. The van der Waals surface area contributed by atoms with Crippen molar-refractivity contribution in [3.05, 3.63) is 70.8 Å². The molecule has 1 aliphatic heterocycles. The number of likely N-dealkylation sites (tertiary alicyclic amines) is 1. The van der Waals surface area contributed by atoms with Crippen molar-refractivity contribution in [1.82, 2.24) is 4.90 Å². The van der Waals surface area contributed by atoms with Crippen molar-refractivity contribution in [3.63, 3.8) is 0 Å². The Hall–Kier alpha value is -3.15. The summed E-state index contributed by atoms with van der Waals surface area (Å²) in [4.78, 5) is 14.2. The monoisotopic (exact) mass is 331 g/mol. The fourth-order valence-electron chi connectivity index (χ4n) is 2.74. The normalized spacial score (nSPS) is 14.2. The fraction of sp³-hybridized carbons (Fsp3) is 0.250. The number of nitriles is 2. The van der Waals surface area contributed by atoms with Crippen molar-refractivity contribution in [2.75, 3.05) is 13.1 Å². The highest BCUT2D eigenvalue weighted by Crippen LogP contribution is 2.20. The van der Waals surface area contributed by atoms with Gasteiger partial charge in [0.1, 0.15) is 6.61 Å². The molecule has 0 amide bonds. The predicted octanol–water partition coefficient (Wildman–Crippen LogP) is 2.61. The van der Waals surface area contributed by atoms with E-state index in [1.165, 1.54) is 0 Å². The third-order valence-corrected chi connectivity index (χ3v) is 4.24. The van der Waals surface area contributed by atoms with Crippen molar-refractivity contribution in [1.29, 1.82) is 10.5 Å². The van der Waals surface area contributed by atoms with Gasteiger partial charge in [0, 0.05) is 19.6 Å².